The molecule has 0 atom stereocenters. The Bertz CT molecular complexity index is 255. The van der Waals surface area contributed by atoms with Gasteiger partial charge in [-0.25, -0.2) is 4.98 Å². The number of rotatable bonds is 1. The van der Waals surface area contributed by atoms with Crippen LogP contribution in [-0.4, -0.2) is 11.6 Å². The van der Waals surface area contributed by atoms with E-state index < -0.39 is 0 Å². The van der Waals surface area contributed by atoms with Gasteiger partial charge in [0.1, 0.15) is 11.5 Å². The monoisotopic (exact) mass is 167 g/mol. The predicted octanol–water partition coefficient (Wildman–Crippen LogP) is 1.87. The highest BCUT2D eigenvalue weighted by Gasteiger charge is 2.18. The quantitative estimate of drug-likeness (QED) is 0.640. The summed E-state index contributed by atoms with van der Waals surface area (Å²) in [5, 5.41) is 0. The first-order valence-corrected chi connectivity index (χ1v) is 4.33. The van der Waals surface area contributed by atoms with E-state index in [4.69, 9.17) is 9.15 Å². The standard InChI is InChI=1S/C9H13NO2/c1-6(2)9-10-7-5-11-4-3-8(7)12-9/h6H,3-5H2,1-2H3. The lowest BCUT2D eigenvalue weighted by atomic mass is 10.2. The van der Waals surface area contributed by atoms with Crippen LogP contribution in [0.25, 0.3) is 0 Å². The summed E-state index contributed by atoms with van der Waals surface area (Å²) in [5.74, 6) is 2.23. The number of hydrogen-bond donors (Lipinski definition) is 0. The summed E-state index contributed by atoms with van der Waals surface area (Å²) in [6, 6.07) is 0. The summed E-state index contributed by atoms with van der Waals surface area (Å²) in [5.41, 5.74) is 0.991. The number of aromatic nitrogens is 1. The third-order valence-electron chi connectivity index (χ3n) is 2.00. The lowest BCUT2D eigenvalue weighted by molar-refractivity contribution is 0.102. The predicted molar refractivity (Wildman–Crippen MR) is 44.0 cm³/mol. The summed E-state index contributed by atoms with van der Waals surface area (Å²) >= 11 is 0. The molecular formula is C9H13NO2. The van der Waals surface area contributed by atoms with Gasteiger partial charge in [-0.1, -0.05) is 13.8 Å². The van der Waals surface area contributed by atoms with Crippen molar-refractivity contribution in [1.82, 2.24) is 4.98 Å². The van der Waals surface area contributed by atoms with Gasteiger partial charge in [-0.3, -0.25) is 0 Å². The minimum absolute atomic E-state index is 0.371. The van der Waals surface area contributed by atoms with Gasteiger partial charge in [-0.05, 0) is 0 Å². The maximum absolute atomic E-state index is 5.58. The van der Waals surface area contributed by atoms with E-state index >= 15 is 0 Å². The van der Waals surface area contributed by atoms with Gasteiger partial charge in [0.05, 0.1) is 13.2 Å². The van der Waals surface area contributed by atoms with Crippen molar-refractivity contribution in [3.8, 4) is 0 Å². The lowest BCUT2D eigenvalue weighted by Gasteiger charge is -2.07. The third-order valence-corrected chi connectivity index (χ3v) is 2.00. The van der Waals surface area contributed by atoms with Crippen LogP contribution < -0.4 is 0 Å². The number of nitrogens with zero attached hydrogens (tertiary/aromatic N) is 1. The fraction of sp³-hybridized carbons (Fsp3) is 0.667. The largest absolute Gasteiger partial charge is 0.445 e. The average molecular weight is 167 g/mol. The van der Waals surface area contributed by atoms with Crippen molar-refractivity contribution in [2.75, 3.05) is 6.61 Å². The molecule has 2 heterocycles. The molecule has 0 radical (unpaired) electrons. The maximum atomic E-state index is 5.58. The molecule has 0 bridgehead atoms. The van der Waals surface area contributed by atoms with Crippen molar-refractivity contribution >= 4 is 0 Å². The summed E-state index contributed by atoms with van der Waals surface area (Å²) < 4.78 is 10.8. The van der Waals surface area contributed by atoms with Crippen LogP contribution in [0.5, 0.6) is 0 Å². The van der Waals surface area contributed by atoms with Gasteiger partial charge in [0.25, 0.3) is 0 Å². The Morgan fingerprint density at radius 3 is 2.92 bits per heavy atom. The van der Waals surface area contributed by atoms with Crippen molar-refractivity contribution in [2.24, 2.45) is 0 Å². The molecular weight excluding hydrogens is 154 g/mol. The normalized spacial score (nSPS) is 16.6. The molecule has 0 saturated carbocycles. The van der Waals surface area contributed by atoms with E-state index in [2.05, 4.69) is 18.8 Å². The molecule has 66 valence electrons. The minimum Gasteiger partial charge on any atom is -0.445 e. The molecule has 0 fully saturated rings. The van der Waals surface area contributed by atoms with Crippen molar-refractivity contribution < 1.29 is 9.15 Å². The lowest BCUT2D eigenvalue weighted by Crippen LogP contribution is -2.07. The van der Waals surface area contributed by atoms with Gasteiger partial charge in [0.15, 0.2) is 5.89 Å². The van der Waals surface area contributed by atoms with E-state index in [9.17, 15) is 0 Å². The summed E-state index contributed by atoms with van der Waals surface area (Å²) in [7, 11) is 0. The van der Waals surface area contributed by atoms with Crippen LogP contribution in [0.2, 0.25) is 0 Å². The molecule has 0 aromatic carbocycles. The van der Waals surface area contributed by atoms with Gasteiger partial charge >= 0.3 is 0 Å². The molecule has 0 unspecified atom stereocenters. The van der Waals surface area contributed by atoms with Crippen molar-refractivity contribution in [2.45, 2.75) is 32.8 Å². The fourth-order valence-corrected chi connectivity index (χ4v) is 1.29. The Balaban J connectivity index is 2.32. The molecule has 0 aliphatic carbocycles. The van der Waals surface area contributed by atoms with E-state index in [0.29, 0.717) is 12.5 Å². The number of hydrogen-bond acceptors (Lipinski definition) is 3. The molecule has 3 heteroatoms. The highest BCUT2D eigenvalue weighted by Crippen LogP contribution is 2.21. The number of fused-ring (bicyclic) bond motifs is 1. The van der Waals surface area contributed by atoms with Crippen molar-refractivity contribution in [3.05, 3.63) is 17.3 Å². The molecule has 1 aromatic heterocycles. The highest BCUT2D eigenvalue weighted by atomic mass is 16.5. The van der Waals surface area contributed by atoms with Crippen LogP contribution in [0.3, 0.4) is 0 Å². The second kappa shape index (κ2) is 2.90. The van der Waals surface area contributed by atoms with Crippen LogP contribution in [0.15, 0.2) is 4.42 Å². The van der Waals surface area contributed by atoms with E-state index in [1.54, 1.807) is 0 Å². The molecule has 1 aliphatic heterocycles. The zero-order valence-corrected chi connectivity index (χ0v) is 7.46. The summed E-state index contributed by atoms with van der Waals surface area (Å²) in [6.45, 7) is 5.54. The molecule has 1 aromatic rings. The van der Waals surface area contributed by atoms with Gasteiger partial charge in [-0.15, -0.1) is 0 Å². The van der Waals surface area contributed by atoms with Gasteiger partial charge in [0.2, 0.25) is 0 Å². The Labute approximate surface area is 71.7 Å². The second-order valence-electron chi connectivity index (χ2n) is 3.38. The summed E-state index contributed by atoms with van der Waals surface area (Å²) in [6.07, 6.45) is 0.870. The van der Waals surface area contributed by atoms with Crippen LogP contribution in [0.1, 0.15) is 37.1 Å². The molecule has 0 amide bonds. The summed E-state index contributed by atoms with van der Waals surface area (Å²) in [4.78, 5) is 4.36. The van der Waals surface area contributed by atoms with Crippen molar-refractivity contribution in [3.63, 3.8) is 0 Å². The zero-order valence-electron chi connectivity index (χ0n) is 7.46. The first-order chi connectivity index (χ1) is 5.77. The Morgan fingerprint density at radius 1 is 1.42 bits per heavy atom. The molecule has 0 spiro atoms. The van der Waals surface area contributed by atoms with Crippen LogP contribution in [-0.2, 0) is 17.8 Å². The SMILES string of the molecule is CC(C)c1nc2c(o1)CCOC2. The Kier molecular flexibility index (Phi) is 1.89. The molecule has 3 nitrogen and oxygen atoms in total. The zero-order chi connectivity index (χ0) is 8.55. The minimum atomic E-state index is 0.371. The van der Waals surface area contributed by atoms with Crippen LogP contribution in [0.4, 0.5) is 0 Å². The van der Waals surface area contributed by atoms with E-state index in [-0.39, 0.29) is 0 Å². The number of oxazole rings is 1. The molecule has 0 saturated heterocycles. The molecule has 1 aliphatic rings. The topological polar surface area (TPSA) is 35.3 Å². The highest BCUT2D eigenvalue weighted by molar-refractivity contribution is 5.12. The van der Waals surface area contributed by atoms with E-state index in [0.717, 1.165) is 30.4 Å². The van der Waals surface area contributed by atoms with Crippen LogP contribution in [0, 0.1) is 0 Å². The fourth-order valence-electron chi connectivity index (χ4n) is 1.29. The number of ether oxygens (including phenoxy) is 1. The maximum Gasteiger partial charge on any atom is 0.197 e. The van der Waals surface area contributed by atoms with Gasteiger partial charge < -0.3 is 9.15 Å². The molecule has 0 N–H and O–H groups in total. The van der Waals surface area contributed by atoms with Gasteiger partial charge in [0, 0.05) is 12.3 Å². The second-order valence-corrected chi connectivity index (χ2v) is 3.38. The first-order valence-electron chi connectivity index (χ1n) is 4.33. The third kappa shape index (κ3) is 1.25. The Hall–Kier alpha value is -0.830. The molecule has 12 heavy (non-hydrogen) atoms. The van der Waals surface area contributed by atoms with Crippen molar-refractivity contribution in [1.29, 1.82) is 0 Å². The Morgan fingerprint density at radius 2 is 2.25 bits per heavy atom. The van der Waals surface area contributed by atoms with E-state index in [1.165, 1.54) is 0 Å². The van der Waals surface area contributed by atoms with Crippen LogP contribution >= 0.6 is 0 Å². The smallest absolute Gasteiger partial charge is 0.197 e. The van der Waals surface area contributed by atoms with Gasteiger partial charge in [-0.2, -0.15) is 0 Å². The molecule has 2 rings (SSSR count). The first kappa shape index (κ1) is 7.80. The van der Waals surface area contributed by atoms with E-state index in [1.807, 2.05) is 0 Å². The average Bonchev–Trinajstić information content (AvgIpc) is 2.46.